The van der Waals surface area contributed by atoms with Gasteiger partial charge >= 0.3 is 5.97 Å². The van der Waals surface area contributed by atoms with Gasteiger partial charge in [0.05, 0.1) is 17.6 Å². The zero-order valence-corrected chi connectivity index (χ0v) is 11.3. The van der Waals surface area contributed by atoms with Crippen molar-refractivity contribution >= 4 is 17.0 Å². The smallest absolute Gasteiger partial charge is 0.323 e. The number of carbonyl (C=O) groups excluding carboxylic acids is 1. The third kappa shape index (κ3) is 2.76. The van der Waals surface area contributed by atoms with Crippen molar-refractivity contribution in [1.29, 1.82) is 0 Å². The molecule has 102 valence electrons. The Morgan fingerprint density at radius 3 is 2.84 bits per heavy atom. The summed E-state index contributed by atoms with van der Waals surface area (Å²) in [7, 11) is 0. The van der Waals surface area contributed by atoms with Gasteiger partial charge in [0, 0.05) is 13.0 Å². The maximum atomic E-state index is 11.6. The van der Waals surface area contributed by atoms with E-state index in [1.165, 1.54) is 0 Å². The molecule has 2 N–H and O–H groups in total. The molecule has 0 amide bonds. The van der Waals surface area contributed by atoms with Gasteiger partial charge in [-0.1, -0.05) is 12.1 Å². The minimum Gasteiger partial charge on any atom is -0.465 e. The van der Waals surface area contributed by atoms with E-state index in [0.717, 1.165) is 23.4 Å². The number of esters is 1. The molecular weight excluding hydrogens is 242 g/mol. The van der Waals surface area contributed by atoms with Gasteiger partial charge < -0.3 is 15.0 Å². The summed E-state index contributed by atoms with van der Waals surface area (Å²) in [5, 5.41) is 0. The van der Waals surface area contributed by atoms with Gasteiger partial charge in [0.15, 0.2) is 0 Å². The number of ether oxygens (including phenoxy) is 1. The van der Waals surface area contributed by atoms with Crippen molar-refractivity contribution in [2.45, 2.75) is 32.9 Å². The first-order valence-electron chi connectivity index (χ1n) is 6.53. The van der Waals surface area contributed by atoms with Crippen LogP contribution in [0.3, 0.4) is 0 Å². The lowest BCUT2D eigenvalue weighted by molar-refractivity contribution is -0.144. The molecule has 1 heterocycles. The number of hydrogen-bond donors (Lipinski definition) is 1. The van der Waals surface area contributed by atoms with Crippen LogP contribution in [-0.4, -0.2) is 28.2 Å². The SMILES string of the molecule is CCOC(=O)C(N)Cc1nc2ccccc2n1CC. The van der Waals surface area contributed by atoms with Crippen molar-refractivity contribution in [3.63, 3.8) is 0 Å². The van der Waals surface area contributed by atoms with E-state index in [4.69, 9.17) is 10.5 Å². The lowest BCUT2D eigenvalue weighted by Crippen LogP contribution is -2.35. The Kier molecular flexibility index (Phi) is 4.16. The van der Waals surface area contributed by atoms with Crippen molar-refractivity contribution in [1.82, 2.24) is 9.55 Å². The summed E-state index contributed by atoms with van der Waals surface area (Å²) in [6.45, 7) is 4.96. The number of carbonyl (C=O) groups is 1. The predicted octanol–water partition coefficient (Wildman–Crippen LogP) is 1.49. The van der Waals surface area contributed by atoms with E-state index in [9.17, 15) is 4.79 Å². The molecule has 0 fully saturated rings. The molecule has 1 aromatic heterocycles. The van der Waals surface area contributed by atoms with Crippen molar-refractivity contribution in [3.05, 3.63) is 30.1 Å². The number of hydrogen-bond acceptors (Lipinski definition) is 4. The highest BCUT2D eigenvalue weighted by Gasteiger charge is 2.19. The second-order valence-electron chi connectivity index (χ2n) is 4.32. The Morgan fingerprint density at radius 1 is 1.42 bits per heavy atom. The average molecular weight is 261 g/mol. The number of benzene rings is 1. The molecule has 0 bridgehead atoms. The Balaban J connectivity index is 2.27. The number of aromatic nitrogens is 2. The molecule has 0 aliphatic carbocycles. The molecule has 1 unspecified atom stereocenters. The number of para-hydroxylation sites is 2. The number of fused-ring (bicyclic) bond motifs is 1. The highest BCUT2D eigenvalue weighted by Crippen LogP contribution is 2.16. The van der Waals surface area contributed by atoms with Gasteiger partial charge in [-0.25, -0.2) is 4.98 Å². The predicted molar refractivity (Wildman–Crippen MR) is 73.7 cm³/mol. The van der Waals surface area contributed by atoms with Crippen LogP contribution < -0.4 is 5.73 Å². The van der Waals surface area contributed by atoms with Crippen LogP contribution in [0, 0.1) is 0 Å². The summed E-state index contributed by atoms with van der Waals surface area (Å²) in [5.41, 5.74) is 7.84. The molecule has 5 nitrogen and oxygen atoms in total. The van der Waals surface area contributed by atoms with Crippen molar-refractivity contribution < 1.29 is 9.53 Å². The van der Waals surface area contributed by atoms with E-state index >= 15 is 0 Å². The van der Waals surface area contributed by atoms with Crippen LogP contribution in [0.5, 0.6) is 0 Å². The number of nitrogens with zero attached hydrogens (tertiary/aromatic N) is 2. The maximum absolute atomic E-state index is 11.6. The second kappa shape index (κ2) is 5.84. The molecule has 0 saturated carbocycles. The molecule has 2 rings (SSSR count). The van der Waals surface area contributed by atoms with Crippen molar-refractivity contribution in [2.75, 3.05) is 6.61 Å². The zero-order valence-electron chi connectivity index (χ0n) is 11.3. The molecule has 0 aliphatic heterocycles. The fourth-order valence-corrected chi connectivity index (χ4v) is 2.16. The highest BCUT2D eigenvalue weighted by molar-refractivity contribution is 5.77. The molecule has 0 aliphatic rings. The lowest BCUT2D eigenvalue weighted by Gasteiger charge is -2.11. The van der Waals surface area contributed by atoms with E-state index in [-0.39, 0.29) is 5.97 Å². The molecule has 2 aromatic rings. The van der Waals surface area contributed by atoms with Gasteiger partial charge in [0.2, 0.25) is 0 Å². The fourth-order valence-electron chi connectivity index (χ4n) is 2.16. The van der Waals surface area contributed by atoms with Gasteiger partial charge in [-0.3, -0.25) is 4.79 Å². The summed E-state index contributed by atoms with van der Waals surface area (Å²) in [5.74, 6) is 0.446. The third-order valence-electron chi connectivity index (χ3n) is 3.04. The van der Waals surface area contributed by atoms with Crippen LogP contribution in [0.15, 0.2) is 24.3 Å². The monoisotopic (exact) mass is 261 g/mol. The minimum atomic E-state index is -0.665. The summed E-state index contributed by atoms with van der Waals surface area (Å²) in [6, 6.07) is 7.24. The Bertz CT molecular complexity index is 577. The van der Waals surface area contributed by atoms with E-state index < -0.39 is 6.04 Å². The van der Waals surface area contributed by atoms with E-state index in [0.29, 0.717) is 13.0 Å². The molecule has 0 saturated heterocycles. The fraction of sp³-hybridized carbons (Fsp3) is 0.429. The van der Waals surface area contributed by atoms with Gasteiger partial charge in [-0.05, 0) is 26.0 Å². The standard InChI is InChI=1S/C14H19N3O2/c1-3-17-12-8-6-5-7-11(12)16-13(17)9-10(15)14(18)19-4-2/h5-8,10H,3-4,9,15H2,1-2H3. The first kappa shape index (κ1) is 13.5. The second-order valence-corrected chi connectivity index (χ2v) is 4.32. The topological polar surface area (TPSA) is 70.1 Å². The van der Waals surface area contributed by atoms with E-state index in [1.54, 1.807) is 6.92 Å². The first-order chi connectivity index (χ1) is 9.17. The molecular formula is C14H19N3O2. The molecule has 0 spiro atoms. The Morgan fingerprint density at radius 2 is 2.16 bits per heavy atom. The van der Waals surface area contributed by atoms with Crippen LogP contribution in [0.2, 0.25) is 0 Å². The quantitative estimate of drug-likeness (QED) is 0.828. The first-order valence-corrected chi connectivity index (χ1v) is 6.53. The number of imidazole rings is 1. The van der Waals surface area contributed by atoms with Gasteiger partial charge in [0.25, 0.3) is 0 Å². The number of nitrogens with two attached hydrogens (primary N) is 1. The van der Waals surface area contributed by atoms with E-state index in [2.05, 4.69) is 9.55 Å². The average Bonchev–Trinajstić information content (AvgIpc) is 2.75. The molecule has 1 atom stereocenters. The number of aryl methyl sites for hydroxylation is 1. The summed E-state index contributed by atoms with van der Waals surface area (Å²) < 4.78 is 7.00. The van der Waals surface area contributed by atoms with Crippen LogP contribution in [0.25, 0.3) is 11.0 Å². The van der Waals surface area contributed by atoms with Crippen LogP contribution >= 0.6 is 0 Å². The molecule has 19 heavy (non-hydrogen) atoms. The Hall–Kier alpha value is -1.88. The highest BCUT2D eigenvalue weighted by atomic mass is 16.5. The zero-order chi connectivity index (χ0) is 13.8. The van der Waals surface area contributed by atoms with Crippen LogP contribution in [0.4, 0.5) is 0 Å². The van der Waals surface area contributed by atoms with Gasteiger partial charge in [-0.2, -0.15) is 0 Å². The summed E-state index contributed by atoms with van der Waals surface area (Å²) in [6.07, 6.45) is 0.390. The normalized spacial score (nSPS) is 12.6. The van der Waals surface area contributed by atoms with Crippen LogP contribution in [-0.2, 0) is 22.5 Å². The Labute approximate surface area is 112 Å². The van der Waals surface area contributed by atoms with Crippen LogP contribution in [0.1, 0.15) is 19.7 Å². The number of rotatable bonds is 5. The van der Waals surface area contributed by atoms with Gasteiger partial charge in [-0.15, -0.1) is 0 Å². The van der Waals surface area contributed by atoms with Crippen molar-refractivity contribution in [3.8, 4) is 0 Å². The summed E-state index contributed by atoms with van der Waals surface area (Å²) >= 11 is 0. The lowest BCUT2D eigenvalue weighted by atomic mass is 10.2. The minimum absolute atomic E-state index is 0.344. The van der Waals surface area contributed by atoms with Gasteiger partial charge in [0.1, 0.15) is 11.9 Å². The summed E-state index contributed by atoms with van der Waals surface area (Å²) in [4.78, 5) is 16.1. The van der Waals surface area contributed by atoms with E-state index in [1.807, 2.05) is 31.2 Å². The maximum Gasteiger partial charge on any atom is 0.323 e. The molecule has 1 aromatic carbocycles. The molecule has 0 radical (unpaired) electrons. The largest absolute Gasteiger partial charge is 0.465 e. The molecule has 5 heteroatoms. The van der Waals surface area contributed by atoms with Crippen molar-refractivity contribution in [2.24, 2.45) is 5.73 Å². The third-order valence-corrected chi connectivity index (χ3v) is 3.04.